The van der Waals surface area contributed by atoms with Gasteiger partial charge in [0.25, 0.3) is 0 Å². The van der Waals surface area contributed by atoms with Crippen LogP contribution in [0.25, 0.3) is 44.8 Å². The Hall–Kier alpha value is -4.86. The van der Waals surface area contributed by atoms with Crippen molar-refractivity contribution in [2.75, 3.05) is 7.11 Å². The summed E-state index contributed by atoms with van der Waals surface area (Å²) in [5.74, 6) is 0.845. The molecule has 5 aromatic carbocycles. The zero-order valence-electron chi connectivity index (χ0n) is 19.5. The number of ether oxygens (including phenoxy) is 1. The third-order valence-corrected chi connectivity index (χ3v) is 6.32. The minimum atomic E-state index is 0.434. The lowest BCUT2D eigenvalue weighted by Crippen LogP contribution is -1.92. The zero-order valence-corrected chi connectivity index (χ0v) is 19.5. The first kappa shape index (κ1) is 22.0. The van der Waals surface area contributed by atoms with Crippen LogP contribution >= 0.6 is 0 Å². The molecule has 0 atom stereocenters. The van der Waals surface area contributed by atoms with Crippen LogP contribution in [0.15, 0.2) is 84.9 Å². The molecule has 0 saturated carbocycles. The van der Waals surface area contributed by atoms with Crippen molar-refractivity contribution in [1.29, 1.82) is 10.5 Å². The van der Waals surface area contributed by atoms with Crippen LogP contribution in [0.5, 0.6) is 5.75 Å². The van der Waals surface area contributed by atoms with Crippen molar-refractivity contribution in [3.05, 3.63) is 113 Å². The number of aryl methyl sites for hydroxylation is 1. The topological polar surface area (TPSA) is 56.8 Å². The van der Waals surface area contributed by atoms with E-state index in [4.69, 9.17) is 4.74 Å². The van der Waals surface area contributed by atoms with Crippen LogP contribution in [-0.2, 0) is 0 Å². The molecule has 3 heteroatoms. The predicted molar refractivity (Wildman–Crippen MR) is 143 cm³/mol. The number of rotatable bonds is 4. The second kappa shape index (κ2) is 9.18. The number of nitriles is 2. The quantitative estimate of drug-likeness (QED) is 0.207. The second-order valence-electron chi connectivity index (χ2n) is 8.51. The number of hydrogen-bond donors (Lipinski definition) is 0. The Morgan fingerprint density at radius 2 is 1.11 bits per heavy atom. The van der Waals surface area contributed by atoms with Crippen molar-refractivity contribution >= 4 is 33.7 Å². The highest BCUT2D eigenvalue weighted by atomic mass is 16.5. The Bertz CT molecular complexity index is 1680. The van der Waals surface area contributed by atoms with Crippen LogP contribution in [0.4, 0.5) is 0 Å². The summed E-state index contributed by atoms with van der Waals surface area (Å²) in [6.45, 7) is 2.04. The van der Waals surface area contributed by atoms with Gasteiger partial charge in [0.15, 0.2) is 0 Å². The van der Waals surface area contributed by atoms with Crippen LogP contribution < -0.4 is 4.74 Å². The summed E-state index contributed by atoms with van der Waals surface area (Å²) in [6, 6.07) is 33.0. The van der Waals surface area contributed by atoms with Crippen molar-refractivity contribution in [3.8, 4) is 29.0 Å². The molecule has 166 valence electrons. The van der Waals surface area contributed by atoms with Crippen molar-refractivity contribution in [2.45, 2.75) is 6.92 Å². The fourth-order valence-corrected chi connectivity index (χ4v) is 4.47. The van der Waals surface area contributed by atoms with Crippen LogP contribution in [0.3, 0.4) is 0 Å². The van der Waals surface area contributed by atoms with E-state index in [2.05, 4.69) is 72.8 Å². The minimum Gasteiger partial charge on any atom is -0.497 e. The van der Waals surface area contributed by atoms with E-state index in [-0.39, 0.29) is 0 Å². The summed E-state index contributed by atoms with van der Waals surface area (Å²) in [4.78, 5) is 0. The summed E-state index contributed by atoms with van der Waals surface area (Å²) >= 11 is 0. The maximum absolute atomic E-state index is 9.79. The van der Waals surface area contributed by atoms with Gasteiger partial charge in [-0.3, -0.25) is 0 Å². The van der Waals surface area contributed by atoms with Gasteiger partial charge < -0.3 is 4.74 Å². The summed E-state index contributed by atoms with van der Waals surface area (Å²) in [5, 5.41) is 23.1. The molecule has 0 radical (unpaired) electrons. The van der Waals surface area contributed by atoms with E-state index in [1.807, 2.05) is 43.3 Å². The van der Waals surface area contributed by atoms with Crippen LogP contribution in [0.2, 0.25) is 0 Å². The first-order valence-corrected chi connectivity index (χ1v) is 11.3. The highest BCUT2D eigenvalue weighted by Gasteiger charge is 2.14. The van der Waals surface area contributed by atoms with Crippen molar-refractivity contribution in [2.24, 2.45) is 0 Å². The molecular formula is C32H22N2O. The predicted octanol–water partition coefficient (Wildman–Crippen LogP) is 7.89. The Labute approximate surface area is 204 Å². The summed E-state index contributed by atoms with van der Waals surface area (Å²) in [5.41, 5.74) is 6.41. The average molecular weight is 451 g/mol. The van der Waals surface area contributed by atoms with E-state index in [9.17, 15) is 10.5 Å². The van der Waals surface area contributed by atoms with E-state index < -0.39 is 0 Å². The standard InChI is InChI=1S/C32H22N2O/c1-21-3-15-27-29(17-21)30-18-23(8-16-28(30)32(20-34)31(27)19-33)5-4-22-6-9-24(10-7-22)25-11-13-26(35-2)14-12-25/h3-18H,1-2H3. The minimum absolute atomic E-state index is 0.434. The second-order valence-corrected chi connectivity index (χ2v) is 8.51. The lowest BCUT2D eigenvalue weighted by atomic mass is 9.91. The molecule has 0 unspecified atom stereocenters. The molecule has 0 heterocycles. The zero-order chi connectivity index (χ0) is 24.4. The van der Waals surface area contributed by atoms with Crippen molar-refractivity contribution < 1.29 is 4.74 Å². The third kappa shape index (κ3) is 4.12. The summed E-state index contributed by atoms with van der Waals surface area (Å²) in [7, 11) is 1.67. The van der Waals surface area contributed by atoms with Crippen molar-refractivity contribution in [3.63, 3.8) is 0 Å². The van der Waals surface area contributed by atoms with Crippen molar-refractivity contribution in [1.82, 2.24) is 0 Å². The molecular weight excluding hydrogens is 428 g/mol. The third-order valence-electron chi connectivity index (χ3n) is 6.32. The molecule has 0 fully saturated rings. The maximum atomic E-state index is 9.79. The Morgan fingerprint density at radius 3 is 1.71 bits per heavy atom. The smallest absolute Gasteiger partial charge is 0.118 e. The molecule has 0 aromatic heterocycles. The fraction of sp³-hybridized carbons (Fsp3) is 0.0625. The number of fused-ring (bicyclic) bond motifs is 3. The van der Waals surface area contributed by atoms with Gasteiger partial charge in [0.2, 0.25) is 0 Å². The van der Waals surface area contributed by atoms with Crippen LogP contribution in [0, 0.1) is 29.6 Å². The SMILES string of the molecule is COc1ccc(-c2ccc(C=Cc3ccc4c(C#N)c(C#N)c5ccc(C)cc5c4c3)cc2)cc1. The lowest BCUT2D eigenvalue weighted by molar-refractivity contribution is 0.415. The van der Waals surface area contributed by atoms with Gasteiger partial charge in [-0.2, -0.15) is 10.5 Å². The maximum Gasteiger partial charge on any atom is 0.118 e. The molecule has 0 amide bonds. The molecule has 0 aliphatic heterocycles. The molecule has 5 aromatic rings. The Kier molecular flexibility index (Phi) is 5.76. The monoisotopic (exact) mass is 450 g/mol. The molecule has 5 rings (SSSR count). The van der Waals surface area contributed by atoms with E-state index >= 15 is 0 Å². The van der Waals surface area contributed by atoms with E-state index in [0.29, 0.717) is 11.1 Å². The molecule has 0 aliphatic carbocycles. The van der Waals surface area contributed by atoms with Crippen LogP contribution in [0.1, 0.15) is 27.8 Å². The molecule has 0 saturated heterocycles. The first-order valence-electron chi connectivity index (χ1n) is 11.3. The number of hydrogen-bond acceptors (Lipinski definition) is 3. The Balaban J connectivity index is 1.51. The van der Waals surface area contributed by atoms with E-state index in [1.54, 1.807) is 7.11 Å². The highest BCUT2D eigenvalue weighted by Crippen LogP contribution is 2.34. The molecule has 0 bridgehead atoms. The number of methoxy groups -OCH3 is 1. The number of nitrogens with zero attached hydrogens (tertiary/aromatic N) is 2. The average Bonchev–Trinajstić information content (AvgIpc) is 2.91. The van der Waals surface area contributed by atoms with E-state index in [1.165, 1.54) is 0 Å². The van der Waals surface area contributed by atoms with Gasteiger partial charge in [-0.1, -0.05) is 84.4 Å². The summed E-state index contributed by atoms with van der Waals surface area (Å²) < 4.78 is 5.24. The van der Waals surface area contributed by atoms with Gasteiger partial charge >= 0.3 is 0 Å². The van der Waals surface area contributed by atoms with Gasteiger partial charge in [-0.05, 0) is 58.1 Å². The van der Waals surface area contributed by atoms with Crippen LogP contribution in [-0.4, -0.2) is 7.11 Å². The number of benzene rings is 5. The van der Waals surface area contributed by atoms with Gasteiger partial charge in [-0.25, -0.2) is 0 Å². The first-order chi connectivity index (χ1) is 17.1. The molecule has 35 heavy (non-hydrogen) atoms. The normalized spacial score (nSPS) is 11.0. The molecule has 0 N–H and O–H groups in total. The van der Waals surface area contributed by atoms with E-state index in [0.717, 1.165) is 55.1 Å². The molecule has 0 spiro atoms. The van der Waals surface area contributed by atoms with Gasteiger partial charge in [0, 0.05) is 10.8 Å². The largest absolute Gasteiger partial charge is 0.497 e. The highest BCUT2D eigenvalue weighted by molar-refractivity contribution is 6.13. The molecule has 3 nitrogen and oxygen atoms in total. The van der Waals surface area contributed by atoms with Gasteiger partial charge in [-0.15, -0.1) is 0 Å². The molecule has 0 aliphatic rings. The lowest BCUT2D eigenvalue weighted by Gasteiger charge is -2.11. The van der Waals surface area contributed by atoms with Gasteiger partial charge in [0.1, 0.15) is 17.9 Å². The Morgan fingerprint density at radius 1 is 0.600 bits per heavy atom. The fourth-order valence-electron chi connectivity index (χ4n) is 4.47. The van der Waals surface area contributed by atoms with Gasteiger partial charge in [0.05, 0.1) is 18.2 Å². The summed E-state index contributed by atoms with van der Waals surface area (Å²) in [6.07, 6.45) is 4.16.